The van der Waals surface area contributed by atoms with Gasteiger partial charge in [-0.2, -0.15) is 5.26 Å². The molecule has 4 nitrogen and oxygen atoms in total. The lowest BCUT2D eigenvalue weighted by Gasteiger charge is -2.12. The molecule has 2 aromatic rings. The van der Waals surface area contributed by atoms with Crippen LogP contribution in [0, 0.1) is 29.9 Å². The van der Waals surface area contributed by atoms with Crippen molar-refractivity contribution in [3.05, 3.63) is 70.3 Å². The quantitative estimate of drug-likeness (QED) is 0.616. The minimum Gasteiger partial charge on any atom is -0.357 e. The number of nitrogens with one attached hydrogen (secondary N) is 2. The van der Waals surface area contributed by atoms with E-state index in [1.807, 2.05) is 19.9 Å². The van der Waals surface area contributed by atoms with Crippen LogP contribution in [0.4, 0.5) is 8.78 Å². The molecule has 0 aliphatic heterocycles. The molecule has 0 heterocycles. The van der Waals surface area contributed by atoms with Gasteiger partial charge in [-0.05, 0) is 55.7 Å². The summed E-state index contributed by atoms with van der Waals surface area (Å²) in [4.78, 5) is 4.38. The van der Waals surface area contributed by atoms with Crippen molar-refractivity contribution in [1.82, 2.24) is 10.6 Å². The molecule has 0 radical (unpaired) electrons. The molecule has 136 valence electrons. The molecular formula is C20H22F2N4. The van der Waals surface area contributed by atoms with E-state index >= 15 is 0 Å². The molecule has 0 saturated heterocycles. The highest BCUT2D eigenvalue weighted by atomic mass is 19.1. The molecule has 2 rings (SSSR count). The topological polar surface area (TPSA) is 60.2 Å². The van der Waals surface area contributed by atoms with Gasteiger partial charge in [-0.15, -0.1) is 0 Å². The summed E-state index contributed by atoms with van der Waals surface area (Å²) < 4.78 is 27.1. The fourth-order valence-electron chi connectivity index (χ4n) is 2.51. The monoisotopic (exact) mass is 356 g/mol. The third-order valence-corrected chi connectivity index (χ3v) is 3.93. The van der Waals surface area contributed by atoms with Crippen molar-refractivity contribution in [3.63, 3.8) is 0 Å². The lowest BCUT2D eigenvalue weighted by atomic mass is 10.1. The predicted molar refractivity (Wildman–Crippen MR) is 98.8 cm³/mol. The lowest BCUT2D eigenvalue weighted by molar-refractivity contribution is 0.609. The zero-order valence-electron chi connectivity index (χ0n) is 14.9. The van der Waals surface area contributed by atoms with Crippen molar-refractivity contribution in [2.75, 3.05) is 13.1 Å². The number of nitriles is 1. The Bertz CT molecular complexity index is 825. The zero-order valence-corrected chi connectivity index (χ0v) is 14.9. The van der Waals surface area contributed by atoms with Crippen LogP contribution in [0.2, 0.25) is 0 Å². The molecule has 0 bridgehead atoms. The normalized spacial score (nSPS) is 11.1. The summed E-state index contributed by atoms with van der Waals surface area (Å²) in [6, 6.07) is 11.0. The van der Waals surface area contributed by atoms with Crippen LogP contribution < -0.4 is 10.6 Å². The van der Waals surface area contributed by atoms with Gasteiger partial charge in [0.1, 0.15) is 11.6 Å². The molecule has 0 aliphatic carbocycles. The Morgan fingerprint density at radius 3 is 2.54 bits per heavy atom. The van der Waals surface area contributed by atoms with Gasteiger partial charge in [-0.1, -0.05) is 12.1 Å². The van der Waals surface area contributed by atoms with Gasteiger partial charge in [-0.3, -0.25) is 0 Å². The van der Waals surface area contributed by atoms with Gasteiger partial charge >= 0.3 is 0 Å². The summed E-state index contributed by atoms with van der Waals surface area (Å²) in [5, 5.41) is 15.1. The SMILES string of the molecule is CCNC(=NCc1ccc(C#N)cc1F)NCCc1ccc(F)cc1C. The van der Waals surface area contributed by atoms with Crippen LogP contribution in [0.3, 0.4) is 0 Å². The average Bonchev–Trinajstić information content (AvgIpc) is 2.62. The molecule has 0 spiro atoms. The summed E-state index contributed by atoms with van der Waals surface area (Å²) in [5.74, 6) is -0.0971. The minimum atomic E-state index is -0.439. The second kappa shape index (κ2) is 9.52. The lowest BCUT2D eigenvalue weighted by Crippen LogP contribution is -2.38. The first-order chi connectivity index (χ1) is 12.5. The fourth-order valence-corrected chi connectivity index (χ4v) is 2.51. The third kappa shape index (κ3) is 5.55. The van der Waals surface area contributed by atoms with Crippen LogP contribution in [0.25, 0.3) is 0 Å². The summed E-state index contributed by atoms with van der Waals surface area (Å²) in [6.45, 7) is 5.29. The van der Waals surface area contributed by atoms with Crippen LogP contribution >= 0.6 is 0 Å². The number of nitrogens with zero attached hydrogens (tertiary/aromatic N) is 2. The Morgan fingerprint density at radius 1 is 1.12 bits per heavy atom. The Labute approximate surface area is 152 Å². The van der Waals surface area contributed by atoms with E-state index in [0.717, 1.165) is 17.5 Å². The summed E-state index contributed by atoms with van der Waals surface area (Å²) >= 11 is 0. The Kier molecular flexibility index (Phi) is 7.10. The van der Waals surface area contributed by atoms with Gasteiger partial charge in [0.15, 0.2) is 5.96 Å². The molecule has 0 amide bonds. The maximum Gasteiger partial charge on any atom is 0.191 e. The number of rotatable bonds is 6. The van der Waals surface area contributed by atoms with Gasteiger partial charge < -0.3 is 10.6 Å². The van der Waals surface area contributed by atoms with E-state index in [9.17, 15) is 8.78 Å². The van der Waals surface area contributed by atoms with E-state index in [-0.39, 0.29) is 17.9 Å². The highest BCUT2D eigenvalue weighted by molar-refractivity contribution is 5.79. The second-order valence-electron chi connectivity index (χ2n) is 5.86. The number of hydrogen-bond donors (Lipinski definition) is 2. The van der Waals surface area contributed by atoms with Crippen molar-refractivity contribution in [3.8, 4) is 6.07 Å². The maximum atomic E-state index is 13.9. The smallest absolute Gasteiger partial charge is 0.191 e. The van der Waals surface area contributed by atoms with Gasteiger partial charge in [0.05, 0.1) is 18.2 Å². The van der Waals surface area contributed by atoms with Gasteiger partial charge in [0, 0.05) is 18.7 Å². The second-order valence-corrected chi connectivity index (χ2v) is 5.86. The minimum absolute atomic E-state index is 0.169. The van der Waals surface area contributed by atoms with E-state index in [0.29, 0.717) is 24.6 Å². The first-order valence-electron chi connectivity index (χ1n) is 8.49. The molecule has 0 unspecified atom stereocenters. The Balaban J connectivity index is 1.97. The van der Waals surface area contributed by atoms with Crippen molar-refractivity contribution >= 4 is 5.96 Å². The van der Waals surface area contributed by atoms with E-state index < -0.39 is 5.82 Å². The number of hydrogen-bond acceptors (Lipinski definition) is 2. The predicted octanol–water partition coefficient (Wildman–Crippen LogP) is 3.44. The number of guanidine groups is 1. The maximum absolute atomic E-state index is 13.9. The Morgan fingerprint density at radius 2 is 1.88 bits per heavy atom. The molecule has 0 fully saturated rings. The highest BCUT2D eigenvalue weighted by Gasteiger charge is 2.05. The first kappa shape index (κ1) is 19.4. The van der Waals surface area contributed by atoms with Crippen molar-refractivity contribution in [2.45, 2.75) is 26.8 Å². The number of aliphatic imine (C=N–C) groups is 1. The summed E-state index contributed by atoms with van der Waals surface area (Å²) in [6.07, 6.45) is 0.724. The molecule has 0 aliphatic rings. The molecule has 0 atom stereocenters. The van der Waals surface area contributed by atoms with Gasteiger partial charge in [-0.25, -0.2) is 13.8 Å². The number of benzene rings is 2. The largest absolute Gasteiger partial charge is 0.357 e. The van der Waals surface area contributed by atoms with Crippen molar-refractivity contribution in [2.24, 2.45) is 4.99 Å². The van der Waals surface area contributed by atoms with Crippen LogP contribution in [-0.4, -0.2) is 19.0 Å². The van der Waals surface area contributed by atoms with E-state index in [1.54, 1.807) is 18.2 Å². The van der Waals surface area contributed by atoms with Crippen LogP contribution in [0.15, 0.2) is 41.4 Å². The molecule has 2 aromatic carbocycles. The molecule has 0 saturated carbocycles. The van der Waals surface area contributed by atoms with E-state index in [1.165, 1.54) is 18.2 Å². The summed E-state index contributed by atoms with van der Waals surface area (Å²) in [5.41, 5.74) is 2.69. The van der Waals surface area contributed by atoms with Crippen LogP contribution in [-0.2, 0) is 13.0 Å². The standard InChI is InChI=1S/C20H22F2N4/c1-3-24-20(25-9-8-16-6-7-18(21)10-14(16)2)26-13-17-5-4-15(12-23)11-19(17)22/h4-7,10-11H,3,8-9,13H2,1-2H3,(H2,24,25,26). The fraction of sp³-hybridized carbons (Fsp3) is 0.300. The Hall–Kier alpha value is -2.94. The van der Waals surface area contributed by atoms with Crippen LogP contribution in [0.5, 0.6) is 0 Å². The van der Waals surface area contributed by atoms with Gasteiger partial charge in [0.2, 0.25) is 0 Å². The third-order valence-electron chi connectivity index (χ3n) is 3.93. The zero-order chi connectivity index (χ0) is 18.9. The van der Waals surface area contributed by atoms with E-state index in [2.05, 4.69) is 15.6 Å². The molecular weight excluding hydrogens is 334 g/mol. The molecule has 0 aromatic heterocycles. The summed E-state index contributed by atoms with van der Waals surface area (Å²) in [7, 11) is 0. The van der Waals surface area contributed by atoms with Gasteiger partial charge in [0.25, 0.3) is 0 Å². The molecule has 26 heavy (non-hydrogen) atoms. The van der Waals surface area contributed by atoms with E-state index in [4.69, 9.17) is 5.26 Å². The first-order valence-corrected chi connectivity index (χ1v) is 8.49. The van der Waals surface area contributed by atoms with Crippen molar-refractivity contribution in [1.29, 1.82) is 5.26 Å². The number of halogens is 2. The average molecular weight is 356 g/mol. The number of aryl methyl sites for hydroxylation is 1. The highest BCUT2D eigenvalue weighted by Crippen LogP contribution is 2.12. The van der Waals surface area contributed by atoms with Crippen LogP contribution in [0.1, 0.15) is 29.2 Å². The van der Waals surface area contributed by atoms with Crippen molar-refractivity contribution < 1.29 is 8.78 Å². The molecule has 2 N–H and O–H groups in total. The molecule has 6 heteroatoms.